The maximum Gasteiger partial charge on any atom is 0.00924 e. The highest BCUT2D eigenvalue weighted by Gasteiger charge is 2.21. The molecule has 1 unspecified atom stereocenters. The molecule has 1 aliphatic carbocycles. The smallest absolute Gasteiger partial charge is 0.00924 e. The van der Waals surface area contributed by atoms with Gasteiger partial charge in [0.15, 0.2) is 0 Å². The van der Waals surface area contributed by atoms with E-state index in [-0.39, 0.29) is 0 Å². The quantitative estimate of drug-likeness (QED) is 0.808. The lowest BCUT2D eigenvalue weighted by Gasteiger charge is -2.34. The van der Waals surface area contributed by atoms with Crippen molar-refractivity contribution in [3.8, 4) is 0 Å². The van der Waals surface area contributed by atoms with Crippen LogP contribution >= 0.6 is 0 Å². The molecule has 0 bridgehead atoms. The summed E-state index contributed by atoms with van der Waals surface area (Å²) in [4.78, 5) is 2.64. The molecule has 1 heterocycles. The summed E-state index contributed by atoms with van der Waals surface area (Å²) in [5.74, 6) is 1.93. The molecule has 0 aromatic rings. The molecule has 1 aliphatic heterocycles. The molecule has 1 atom stereocenters. The Morgan fingerprint density at radius 2 is 1.89 bits per heavy atom. The monoisotopic (exact) mass is 252 g/mol. The largest absolute Gasteiger partial charge is 0.316 e. The zero-order valence-electron chi connectivity index (χ0n) is 12.5. The van der Waals surface area contributed by atoms with E-state index in [4.69, 9.17) is 0 Å². The summed E-state index contributed by atoms with van der Waals surface area (Å²) in [6.07, 6.45) is 11.4. The molecular weight excluding hydrogens is 220 g/mol. The first kappa shape index (κ1) is 14.3. The molecule has 2 fully saturated rings. The summed E-state index contributed by atoms with van der Waals surface area (Å²) in [6, 6.07) is 0.880. The fourth-order valence-corrected chi connectivity index (χ4v) is 3.67. The molecule has 18 heavy (non-hydrogen) atoms. The minimum absolute atomic E-state index is 0.880. The Morgan fingerprint density at radius 3 is 2.56 bits per heavy atom. The van der Waals surface area contributed by atoms with Crippen LogP contribution in [0.15, 0.2) is 0 Å². The molecule has 2 aliphatic rings. The van der Waals surface area contributed by atoms with Crippen molar-refractivity contribution >= 4 is 0 Å². The average Bonchev–Trinajstić information content (AvgIpc) is 2.40. The van der Waals surface area contributed by atoms with Crippen molar-refractivity contribution in [1.29, 1.82) is 0 Å². The van der Waals surface area contributed by atoms with Crippen molar-refractivity contribution in [2.75, 3.05) is 26.7 Å². The number of rotatable bonds is 5. The summed E-state index contributed by atoms with van der Waals surface area (Å²) in [7, 11) is 2.35. The summed E-state index contributed by atoms with van der Waals surface area (Å²) in [5, 5.41) is 3.53. The van der Waals surface area contributed by atoms with Crippen molar-refractivity contribution in [3.63, 3.8) is 0 Å². The molecule has 0 amide bonds. The first-order valence-corrected chi connectivity index (χ1v) is 8.16. The number of hydrogen-bond acceptors (Lipinski definition) is 2. The van der Waals surface area contributed by atoms with E-state index >= 15 is 0 Å². The van der Waals surface area contributed by atoms with E-state index in [0.717, 1.165) is 17.9 Å². The summed E-state index contributed by atoms with van der Waals surface area (Å²) < 4.78 is 0. The molecule has 106 valence electrons. The molecule has 0 aromatic heterocycles. The van der Waals surface area contributed by atoms with Gasteiger partial charge in [0.05, 0.1) is 0 Å². The van der Waals surface area contributed by atoms with E-state index in [9.17, 15) is 0 Å². The van der Waals surface area contributed by atoms with Crippen LogP contribution in [0.5, 0.6) is 0 Å². The molecule has 1 saturated heterocycles. The molecular formula is C16H32N2. The average molecular weight is 252 g/mol. The van der Waals surface area contributed by atoms with Crippen molar-refractivity contribution in [1.82, 2.24) is 10.2 Å². The van der Waals surface area contributed by atoms with Crippen LogP contribution in [-0.2, 0) is 0 Å². The fraction of sp³-hybridized carbons (Fsp3) is 1.00. The van der Waals surface area contributed by atoms with Crippen molar-refractivity contribution < 1.29 is 0 Å². The van der Waals surface area contributed by atoms with Crippen LogP contribution in [0.3, 0.4) is 0 Å². The van der Waals surface area contributed by atoms with E-state index in [1.54, 1.807) is 0 Å². The Kier molecular flexibility index (Phi) is 5.97. The lowest BCUT2D eigenvalue weighted by molar-refractivity contribution is 0.164. The van der Waals surface area contributed by atoms with Crippen LogP contribution in [0, 0.1) is 11.8 Å². The molecule has 0 spiro atoms. The van der Waals surface area contributed by atoms with Gasteiger partial charge in [0.25, 0.3) is 0 Å². The van der Waals surface area contributed by atoms with Crippen molar-refractivity contribution in [2.24, 2.45) is 11.8 Å². The first-order valence-electron chi connectivity index (χ1n) is 8.16. The molecule has 2 rings (SSSR count). The second-order valence-electron chi connectivity index (χ2n) is 6.75. The zero-order chi connectivity index (χ0) is 12.8. The minimum atomic E-state index is 0.880. The Balaban J connectivity index is 1.57. The Bertz CT molecular complexity index is 215. The lowest BCUT2D eigenvalue weighted by atomic mass is 9.86. The maximum atomic E-state index is 3.53. The Hall–Kier alpha value is -0.0800. The van der Waals surface area contributed by atoms with E-state index in [0.29, 0.717) is 0 Å². The molecule has 2 heteroatoms. The van der Waals surface area contributed by atoms with Crippen LogP contribution in [0.2, 0.25) is 0 Å². The van der Waals surface area contributed by atoms with Crippen LogP contribution in [0.25, 0.3) is 0 Å². The van der Waals surface area contributed by atoms with E-state index in [1.165, 1.54) is 71.0 Å². The van der Waals surface area contributed by atoms with Gasteiger partial charge in [0.1, 0.15) is 0 Å². The molecule has 2 nitrogen and oxygen atoms in total. The molecule has 0 radical (unpaired) electrons. The number of hydrogen-bond donors (Lipinski definition) is 1. The lowest BCUT2D eigenvalue weighted by Crippen LogP contribution is -2.36. The molecule has 0 aromatic carbocycles. The number of piperidine rings is 1. The highest BCUT2D eigenvalue weighted by molar-refractivity contribution is 4.77. The standard InChI is InChI=1S/C16H32N2/c1-14-7-9-16(10-8-14)18(2)12-4-6-15-5-3-11-17-13-15/h14-17H,3-13H2,1-2H3. The molecule has 1 N–H and O–H groups in total. The van der Waals surface area contributed by atoms with E-state index in [2.05, 4.69) is 24.2 Å². The number of nitrogens with one attached hydrogen (secondary N) is 1. The van der Waals surface area contributed by atoms with Gasteiger partial charge in [-0.3, -0.25) is 0 Å². The predicted octanol–water partition coefficient (Wildman–Crippen LogP) is 3.28. The first-order chi connectivity index (χ1) is 8.75. The van der Waals surface area contributed by atoms with Crippen LogP contribution < -0.4 is 5.32 Å². The SMILES string of the molecule is CC1CCC(N(C)CCCC2CCCNC2)CC1. The van der Waals surface area contributed by atoms with Gasteiger partial charge in [-0.25, -0.2) is 0 Å². The third kappa shape index (κ3) is 4.55. The van der Waals surface area contributed by atoms with Crippen LogP contribution in [0.1, 0.15) is 58.3 Å². The minimum Gasteiger partial charge on any atom is -0.316 e. The normalized spacial score (nSPS) is 33.8. The second kappa shape index (κ2) is 7.49. The van der Waals surface area contributed by atoms with Gasteiger partial charge < -0.3 is 10.2 Å². The second-order valence-corrected chi connectivity index (χ2v) is 6.75. The van der Waals surface area contributed by atoms with E-state index in [1.807, 2.05) is 0 Å². The third-order valence-electron chi connectivity index (χ3n) is 5.13. The van der Waals surface area contributed by atoms with Gasteiger partial charge in [-0.15, -0.1) is 0 Å². The summed E-state index contributed by atoms with van der Waals surface area (Å²) in [5.41, 5.74) is 0. The van der Waals surface area contributed by atoms with E-state index < -0.39 is 0 Å². The van der Waals surface area contributed by atoms with Gasteiger partial charge in [0, 0.05) is 6.04 Å². The Labute approximate surface area is 114 Å². The van der Waals surface area contributed by atoms with Gasteiger partial charge in [-0.1, -0.05) is 6.92 Å². The number of nitrogens with zero attached hydrogens (tertiary/aromatic N) is 1. The zero-order valence-corrected chi connectivity index (χ0v) is 12.5. The summed E-state index contributed by atoms with van der Waals surface area (Å²) >= 11 is 0. The molecule has 1 saturated carbocycles. The summed E-state index contributed by atoms with van der Waals surface area (Å²) in [6.45, 7) is 6.24. The van der Waals surface area contributed by atoms with Gasteiger partial charge >= 0.3 is 0 Å². The van der Waals surface area contributed by atoms with Gasteiger partial charge in [-0.05, 0) is 89.9 Å². The Morgan fingerprint density at radius 1 is 1.11 bits per heavy atom. The van der Waals surface area contributed by atoms with Gasteiger partial charge in [0.2, 0.25) is 0 Å². The highest BCUT2D eigenvalue weighted by atomic mass is 15.1. The van der Waals surface area contributed by atoms with Crippen LogP contribution in [-0.4, -0.2) is 37.6 Å². The predicted molar refractivity (Wildman–Crippen MR) is 78.9 cm³/mol. The van der Waals surface area contributed by atoms with Crippen LogP contribution in [0.4, 0.5) is 0 Å². The topological polar surface area (TPSA) is 15.3 Å². The van der Waals surface area contributed by atoms with Crippen molar-refractivity contribution in [2.45, 2.75) is 64.3 Å². The fourth-order valence-electron chi connectivity index (χ4n) is 3.67. The maximum absolute atomic E-state index is 3.53. The third-order valence-corrected chi connectivity index (χ3v) is 5.13. The highest BCUT2D eigenvalue weighted by Crippen LogP contribution is 2.26. The van der Waals surface area contributed by atoms with Crippen molar-refractivity contribution in [3.05, 3.63) is 0 Å². The van der Waals surface area contributed by atoms with Gasteiger partial charge in [-0.2, -0.15) is 0 Å².